The number of nitro groups is 3. The van der Waals surface area contributed by atoms with Gasteiger partial charge in [0, 0.05) is 18.2 Å². The second-order valence-electron chi connectivity index (χ2n) is 4.70. The first-order valence-electron chi connectivity index (χ1n) is 6.64. The van der Waals surface area contributed by atoms with Gasteiger partial charge in [0.15, 0.2) is 0 Å². The molecule has 0 atom stereocenters. The van der Waals surface area contributed by atoms with Crippen LogP contribution in [0.3, 0.4) is 0 Å². The van der Waals surface area contributed by atoms with Crippen molar-refractivity contribution in [3.8, 4) is 0 Å². The summed E-state index contributed by atoms with van der Waals surface area (Å²) in [4.78, 5) is 53.4. The number of carbonyl (C=O) groups is 2. The molecule has 0 aromatic heterocycles. The molecule has 12 heteroatoms. The quantitative estimate of drug-likeness (QED) is 0.335. The average Bonchev–Trinajstić information content (AvgIpc) is 2.60. The molecular weight excluding hydrogens is 354 g/mol. The van der Waals surface area contributed by atoms with Gasteiger partial charge in [-0.15, -0.1) is 0 Å². The number of non-ortho nitro benzene ring substituents is 2. The maximum absolute atomic E-state index is 12.0. The molecule has 0 aliphatic heterocycles. The molecule has 0 aliphatic carbocycles. The first kappa shape index (κ1) is 18.1. The number of nitro benzene ring substituents is 3. The van der Waals surface area contributed by atoms with Crippen molar-refractivity contribution in [2.45, 2.75) is 0 Å². The molecule has 0 radical (unpaired) electrons. The zero-order valence-electron chi connectivity index (χ0n) is 12.6. The van der Waals surface area contributed by atoms with Gasteiger partial charge in [0.25, 0.3) is 17.1 Å². The molecule has 2 rings (SSSR count). The highest BCUT2D eigenvalue weighted by atomic mass is 16.6. The molecule has 132 valence electrons. The van der Waals surface area contributed by atoms with E-state index in [2.05, 4.69) is 4.74 Å². The molecule has 12 nitrogen and oxygen atoms in total. The fraction of sp³-hybridized carbons (Fsp3) is 0. The fourth-order valence-corrected chi connectivity index (χ4v) is 1.87. The third kappa shape index (κ3) is 3.81. The zero-order chi connectivity index (χ0) is 19.4. The first-order chi connectivity index (χ1) is 12.2. The van der Waals surface area contributed by atoms with Gasteiger partial charge in [0.1, 0.15) is 5.56 Å². The van der Waals surface area contributed by atoms with Crippen LogP contribution in [0.5, 0.6) is 0 Å². The van der Waals surface area contributed by atoms with E-state index >= 15 is 0 Å². The lowest BCUT2D eigenvalue weighted by molar-refractivity contribution is -0.394. The third-order valence-corrected chi connectivity index (χ3v) is 3.11. The van der Waals surface area contributed by atoms with Crippen molar-refractivity contribution in [3.63, 3.8) is 0 Å². The van der Waals surface area contributed by atoms with E-state index in [1.54, 1.807) is 0 Å². The van der Waals surface area contributed by atoms with E-state index < -0.39 is 43.6 Å². The molecule has 0 N–H and O–H groups in total. The molecule has 2 aromatic rings. The van der Waals surface area contributed by atoms with Crippen molar-refractivity contribution in [1.29, 1.82) is 0 Å². The van der Waals surface area contributed by atoms with Gasteiger partial charge >= 0.3 is 11.9 Å². The molecule has 0 bridgehead atoms. The molecular formula is C14H7N3O9. The van der Waals surface area contributed by atoms with E-state index in [9.17, 15) is 39.9 Å². The number of nitrogens with zero attached hydrogens (tertiary/aromatic N) is 3. The molecule has 26 heavy (non-hydrogen) atoms. The van der Waals surface area contributed by atoms with Gasteiger partial charge in [-0.1, -0.05) is 0 Å². The smallest absolute Gasteiger partial charge is 0.353 e. The second kappa shape index (κ2) is 7.12. The fourth-order valence-electron chi connectivity index (χ4n) is 1.87. The monoisotopic (exact) mass is 361 g/mol. The van der Waals surface area contributed by atoms with Gasteiger partial charge in [-0.3, -0.25) is 30.3 Å². The van der Waals surface area contributed by atoms with Crippen molar-refractivity contribution in [2.75, 3.05) is 0 Å². The van der Waals surface area contributed by atoms with Crippen LogP contribution in [0.25, 0.3) is 0 Å². The standard InChI is InChI=1S/C14H7N3O9/c18-13(8-1-3-9(4-2-8)15(20)21)26-14(19)11-6-5-10(16(22)23)7-12(11)17(24)25/h1-7H. The SMILES string of the molecule is O=C(OC(=O)c1ccc([N+](=O)[O-])cc1[N+](=O)[O-])c1ccc([N+](=O)[O-])cc1. The minimum atomic E-state index is -1.39. The minimum Gasteiger partial charge on any atom is -0.386 e. The molecule has 0 aliphatic rings. The molecule has 2 aromatic carbocycles. The zero-order valence-corrected chi connectivity index (χ0v) is 12.6. The van der Waals surface area contributed by atoms with Gasteiger partial charge in [-0.2, -0.15) is 0 Å². The number of carbonyl (C=O) groups excluding carboxylic acids is 2. The molecule has 0 saturated carbocycles. The Kier molecular flexibility index (Phi) is 4.97. The van der Waals surface area contributed by atoms with E-state index in [0.717, 1.165) is 36.4 Å². The average molecular weight is 361 g/mol. The van der Waals surface area contributed by atoms with Crippen molar-refractivity contribution < 1.29 is 29.1 Å². The predicted molar refractivity (Wildman–Crippen MR) is 82.6 cm³/mol. The van der Waals surface area contributed by atoms with E-state index in [1.165, 1.54) is 0 Å². The Morgan fingerprint density at radius 1 is 0.731 bits per heavy atom. The van der Waals surface area contributed by atoms with Crippen LogP contribution in [0.15, 0.2) is 42.5 Å². The summed E-state index contributed by atoms with van der Waals surface area (Å²) in [6.07, 6.45) is 0. The molecule has 0 amide bonds. The summed E-state index contributed by atoms with van der Waals surface area (Å²) in [5.74, 6) is -2.59. The normalized spacial score (nSPS) is 10.0. The summed E-state index contributed by atoms with van der Waals surface area (Å²) in [6, 6.07) is 6.30. The van der Waals surface area contributed by atoms with Crippen LogP contribution in [-0.4, -0.2) is 26.7 Å². The lowest BCUT2D eigenvalue weighted by Crippen LogP contribution is -2.14. The number of esters is 2. The largest absolute Gasteiger partial charge is 0.386 e. The maximum atomic E-state index is 12.0. The molecule has 0 spiro atoms. The van der Waals surface area contributed by atoms with Crippen molar-refractivity contribution in [2.24, 2.45) is 0 Å². The first-order valence-corrected chi connectivity index (χ1v) is 6.64. The number of hydrogen-bond donors (Lipinski definition) is 0. The van der Waals surface area contributed by atoms with Crippen LogP contribution < -0.4 is 0 Å². The number of rotatable bonds is 5. The molecule has 0 fully saturated rings. The lowest BCUT2D eigenvalue weighted by atomic mass is 10.1. The van der Waals surface area contributed by atoms with Gasteiger partial charge in [0.05, 0.1) is 26.4 Å². The summed E-state index contributed by atoms with van der Waals surface area (Å²) in [7, 11) is 0. The Labute approximate surface area is 143 Å². The highest BCUT2D eigenvalue weighted by molar-refractivity contribution is 6.04. The van der Waals surface area contributed by atoms with E-state index in [-0.39, 0.29) is 11.3 Å². The lowest BCUT2D eigenvalue weighted by Gasteiger charge is -2.04. The summed E-state index contributed by atoms with van der Waals surface area (Å²) in [5, 5.41) is 32.2. The molecule has 0 heterocycles. The number of hydrogen-bond acceptors (Lipinski definition) is 9. The Balaban J connectivity index is 2.26. The second-order valence-corrected chi connectivity index (χ2v) is 4.70. The van der Waals surface area contributed by atoms with Crippen LogP contribution in [0.2, 0.25) is 0 Å². The van der Waals surface area contributed by atoms with E-state index in [0.29, 0.717) is 6.07 Å². The third-order valence-electron chi connectivity index (χ3n) is 3.11. The summed E-state index contributed by atoms with van der Waals surface area (Å²) in [5.41, 5.74) is -2.67. The maximum Gasteiger partial charge on any atom is 0.353 e. The van der Waals surface area contributed by atoms with Gasteiger partial charge in [-0.25, -0.2) is 9.59 Å². The highest BCUT2D eigenvalue weighted by Crippen LogP contribution is 2.25. The Morgan fingerprint density at radius 2 is 1.27 bits per heavy atom. The van der Waals surface area contributed by atoms with Gasteiger partial charge < -0.3 is 4.74 Å². The van der Waals surface area contributed by atoms with Crippen LogP contribution in [0.1, 0.15) is 20.7 Å². The Morgan fingerprint density at radius 3 is 1.77 bits per heavy atom. The molecule has 0 saturated heterocycles. The highest BCUT2D eigenvalue weighted by Gasteiger charge is 2.27. The number of benzene rings is 2. The topological polar surface area (TPSA) is 173 Å². The van der Waals surface area contributed by atoms with Crippen molar-refractivity contribution >= 4 is 29.0 Å². The van der Waals surface area contributed by atoms with Crippen LogP contribution in [0, 0.1) is 30.3 Å². The predicted octanol–water partition coefficient (Wildman–Crippen LogP) is 2.41. The van der Waals surface area contributed by atoms with Gasteiger partial charge in [-0.05, 0) is 18.2 Å². The summed E-state index contributed by atoms with van der Waals surface area (Å²) in [6.45, 7) is 0. The van der Waals surface area contributed by atoms with E-state index in [1.807, 2.05) is 0 Å². The molecule has 0 unspecified atom stereocenters. The Hall–Kier alpha value is -4.22. The van der Waals surface area contributed by atoms with E-state index in [4.69, 9.17) is 0 Å². The van der Waals surface area contributed by atoms with Crippen LogP contribution in [-0.2, 0) is 4.74 Å². The minimum absolute atomic E-state index is 0.200. The van der Waals surface area contributed by atoms with Crippen molar-refractivity contribution in [3.05, 3.63) is 83.9 Å². The van der Waals surface area contributed by atoms with Crippen LogP contribution >= 0.6 is 0 Å². The van der Waals surface area contributed by atoms with Gasteiger partial charge in [0.2, 0.25) is 0 Å². The number of ether oxygens (including phenoxy) is 1. The van der Waals surface area contributed by atoms with Crippen LogP contribution in [0.4, 0.5) is 17.1 Å². The summed E-state index contributed by atoms with van der Waals surface area (Å²) < 4.78 is 4.49. The summed E-state index contributed by atoms with van der Waals surface area (Å²) >= 11 is 0. The van der Waals surface area contributed by atoms with Crippen molar-refractivity contribution in [1.82, 2.24) is 0 Å². The Bertz CT molecular complexity index is 937.